The molecule has 29 heavy (non-hydrogen) atoms. The van der Waals surface area contributed by atoms with Crippen molar-refractivity contribution in [1.82, 2.24) is 15.1 Å². The van der Waals surface area contributed by atoms with Gasteiger partial charge in [0, 0.05) is 22.0 Å². The predicted octanol–water partition coefficient (Wildman–Crippen LogP) is 5.63. The second kappa shape index (κ2) is 8.27. The van der Waals surface area contributed by atoms with E-state index in [4.69, 9.17) is 23.2 Å². The zero-order chi connectivity index (χ0) is 20.4. The standard InChI is InChI=1S/C23H19Cl2N3O/c1-15-6-8-16(9-7-15)13-26-23(29)22-19-4-2-3-5-21(19)28(27-22)14-17-10-11-18(24)12-20(17)25/h2-12H,13-14H2,1H3,(H,26,29). The van der Waals surface area contributed by atoms with Crippen LogP contribution in [0.15, 0.2) is 66.7 Å². The van der Waals surface area contributed by atoms with Crippen LogP contribution in [-0.4, -0.2) is 15.7 Å². The topological polar surface area (TPSA) is 46.9 Å². The lowest BCUT2D eigenvalue weighted by molar-refractivity contribution is 0.0946. The van der Waals surface area contributed by atoms with Gasteiger partial charge in [0.25, 0.3) is 5.91 Å². The maximum atomic E-state index is 12.8. The SMILES string of the molecule is Cc1ccc(CNC(=O)c2nn(Cc3ccc(Cl)cc3Cl)c3ccccc23)cc1. The summed E-state index contributed by atoms with van der Waals surface area (Å²) in [5.41, 5.74) is 4.39. The summed E-state index contributed by atoms with van der Waals surface area (Å²) in [7, 11) is 0. The van der Waals surface area contributed by atoms with Crippen molar-refractivity contribution in [3.63, 3.8) is 0 Å². The summed E-state index contributed by atoms with van der Waals surface area (Å²) in [4.78, 5) is 12.8. The molecule has 4 rings (SSSR count). The number of carbonyl (C=O) groups excluding carboxylic acids is 1. The van der Waals surface area contributed by atoms with E-state index in [2.05, 4.69) is 10.4 Å². The summed E-state index contributed by atoms with van der Waals surface area (Å²) in [5, 5.41) is 9.51. The van der Waals surface area contributed by atoms with Crippen LogP contribution >= 0.6 is 23.2 Å². The van der Waals surface area contributed by atoms with Crippen molar-refractivity contribution >= 4 is 40.0 Å². The number of benzene rings is 3. The Balaban J connectivity index is 1.61. The van der Waals surface area contributed by atoms with E-state index in [0.29, 0.717) is 28.8 Å². The zero-order valence-corrected chi connectivity index (χ0v) is 17.3. The molecule has 0 aliphatic carbocycles. The van der Waals surface area contributed by atoms with Crippen molar-refractivity contribution in [3.8, 4) is 0 Å². The number of fused-ring (bicyclic) bond motifs is 1. The molecule has 0 radical (unpaired) electrons. The van der Waals surface area contributed by atoms with Crippen molar-refractivity contribution in [2.24, 2.45) is 0 Å². The van der Waals surface area contributed by atoms with Gasteiger partial charge in [0.1, 0.15) is 0 Å². The first-order chi connectivity index (χ1) is 14.0. The molecule has 0 saturated heterocycles. The van der Waals surface area contributed by atoms with Gasteiger partial charge >= 0.3 is 0 Å². The van der Waals surface area contributed by atoms with Crippen LogP contribution < -0.4 is 5.32 Å². The molecule has 6 heteroatoms. The molecule has 0 unspecified atom stereocenters. The van der Waals surface area contributed by atoms with E-state index in [1.807, 2.05) is 61.5 Å². The molecule has 3 aromatic carbocycles. The van der Waals surface area contributed by atoms with Gasteiger partial charge in [-0.1, -0.05) is 77.3 Å². The number of nitrogens with zero attached hydrogens (tertiary/aromatic N) is 2. The molecule has 0 aliphatic rings. The molecular weight excluding hydrogens is 405 g/mol. The molecule has 0 fully saturated rings. The Hall–Kier alpha value is -2.82. The first kappa shape index (κ1) is 19.5. The minimum atomic E-state index is -0.206. The largest absolute Gasteiger partial charge is 0.347 e. The molecule has 0 saturated carbocycles. The highest BCUT2D eigenvalue weighted by molar-refractivity contribution is 6.35. The number of aryl methyl sites for hydroxylation is 1. The van der Waals surface area contributed by atoms with E-state index < -0.39 is 0 Å². The molecule has 0 aliphatic heterocycles. The van der Waals surface area contributed by atoms with Gasteiger partial charge in [-0.15, -0.1) is 0 Å². The summed E-state index contributed by atoms with van der Waals surface area (Å²) in [6.07, 6.45) is 0. The smallest absolute Gasteiger partial charge is 0.272 e. The number of aromatic nitrogens is 2. The lowest BCUT2D eigenvalue weighted by Gasteiger charge is -2.06. The van der Waals surface area contributed by atoms with Gasteiger partial charge < -0.3 is 5.32 Å². The predicted molar refractivity (Wildman–Crippen MR) is 118 cm³/mol. The second-order valence-electron chi connectivity index (χ2n) is 6.93. The van der Waals surface area contributed by atoms with Crippen LogP contribution in [0.25, 0.3) is 10.9 Å². The average Bonchev–Trinajstić information content (AvgIpc) is 3.08. The maximum Gasteiger partial charge on any atom is 0.272 e. The van der Waals surface area contributed by atoms with Crippen molar-refractivity contribution in [1.29, 1.82) is 0 Å². The quantitative estimate of drug-likeness (QED) is 0.451. The molecule has 1 heterocycles. The van der Waals surface area contributed by atoms with Crippen molar-refractivity contribution in [3.05, 3.63) is 99.2 Å². The Labute approximate surface area is 179 Å². The van der Waals surface area contributed by atoms with Crippen LogP contribution in [0.1, 0.15) is 27.2 Å². The van der Waals surface area contributed by atoms with Gasteiger partial charge in [-0.2, -0.15) is 5.10 Å². The number of hydrogen-bond acceptors (Lipinski definition) is 2. The molecule has 146 valence electrons. The third-order valence-corrected chi connectivity index (χ3v) is 5.37. The highest BCUT2D eigenvalue weighted by Crippen LogP contribution is 2.24. The van der Waals surface area contributed by atoms with E-state index in [0.717, 1.165) is 22.0 Å². The maximum absolute atomic E-state index is 12.8. The number of halogens is 2. The lowest BCUT2D eigenvalue weighted by atomic mass is 10.1. The minimum absolute atomic E-state index is 0.206. The van der Waals surface area contributed by atoms with E-state index >= 15 is 0 Å². The number of para-hydroxylation sites is 1. The van der Waals surface area contributed by atoms with Crippen LogP contribution in [0.2, 0.25) is 10.0 Å². The van der Waals surface area contributed by atoms with Gasteiger partial charge in [0.2, 0.25) is 0 Å². The number of hydrogen-bond donors (Lipinski definition) is 1. The fourth-order valence-corrected chi connectivity index (χ4v) is 3.67. The normalized spacial score (nSPS) is 11.0. The van der Waals surface area contributed by atoms with Crippen molar-refractivity contribution in [2.75, 3.05) is 0 Å². The number of nitrogens with one attached hydrogen (secondary N) is 1. The van der Waals surface area contributed by atoms with E-state index in [9.17, 15) is 4.79 Å². The number of rotatable bonds is 5. The average molecular weight is 424 g/mol. The Morgan fingerprint density at radius 3 is 2.55 bits per heavy atom. The van der Waals surface area contributed by atoms with E-state index in [1.54, 1.807) is 16.8 Å². The number of amides is 1. The van der Waals surface area contributed by atoms with Crippen LogP contribution in [0.3, 0.4) is 0 Å². The molecule has 4 aromatic rings. The molecule has 1 N–H and O–H groups in total. The third kappa shape index (κ3) is 4.29. The Morgan fingerprint density at radius 1 is 1.03 bits per heavy atom. The first-order valence-electron chi connectivity index (χ1n) is 9.24. The summed E-state index contributed by atoms with van der Waals surface area (Å²) in [6.45, 7) is 2.93. The summed E-state index contributed by atoms with van der Waals surface area (Å²) in [6, 6.07) is 21.1. The molecule has 0 atom stereocenters. The van der Waals surface area contributed by atoms with Crippen LogP contribution in [0.5, 0.6) is 0 Å². The van der Waals surface area contributed by atoms with E-state index in [-0.39, 0.29) is 5.91 Å². The first-order valence-corrected chi connectivity index (χ1v) is 10.00. The van der Waals surface area contributed by atoms with Crippen LogP contribution in [-0.2, 0) is 13.1 Å². The lowest BCUT2D eigenvalue weighted by Crippen LogP contribution is -2.23. The van der Waals surface area contributed by atoms with Crippen LogP contribution in [0, 0.1) is 6.92 Å². The second-order valence-corrected chi connectivity index (χ2v) is 7.77. The Morgan fingerprint density at radius 2 is 1.79 bits per heavy atom. The summed E-state index contributed by atoms with van der Waals surface area (Å²) >= 11 is 12.3. The molecule has 0 bridgehead atoms. The van der Waals surface area contributed by atoms with Gasteiger partial charge in [0.15, 0.2) is 5.69 Å². The minimum Gasteiger partial charge on any atom is -0.347 e. The molecular formula is C23H19Cl2N3O. The Kier molecular flexibility index (Phi) is 5.56. The third-order valence-electron chi connectivity index (χ3n) is 4.78. The number of carbonyl (C=O) groups is 1. The molecule has 0 spiro atoms. The Bertz CT molecular complexity index is 1180. The van der Waals surface area contributed by atoms with Crippen LogP contribution in [0.4, 0.5) is 0 Å². The van der Waals surface area contributed by atoms with E-state index in [1.165, 1.54) is 5.56 Å². The van der Waals surface area contributed by atoms with Gasteiger partial charge in [-0.3, -0.25) is 9.48 Å². The fraction of sp³-hybridized carbons (Fsp3) is 0.130. The zero-order valence-electron chi connectivity index (χ0n) is 15.8. The van der Waals surface area contributed by atoms with Crippen molar-refractivity contribution in [2.45, 2.75) is 20.0 Å². The molecule has 4 nitrogen and oxygen atoms in total. The summed E-state index contributed by atoms with van der Waals surface area (Å²) < 4.78 is 1.80. The molecule has 1 amide bonds. The van der Waals surface area contributed by atoms with Crippen molar-refractivity contribution < 1.29 is 4.79 Å². The summed E-state index contributed by atoms with van der Waals surface area (Å²) in [5.74, 6) is -0.206. The van der Waals surface area contributed by atoms with Gasteiger partial charge in [-0.05, 0) is 36.2 Å². The van der Waals surface area contributed by atoms with Gasteiger partial charge in [-0.25, -0.2) is 0 Å². The monoisotopic (exact) mass is 423 g/mol. The molecule has 1 aromatic heterocycles. The highest BCUT2D eigenvalue weighted by Gasteiger charge is 2.17. The fourth-order valence-electron chi connectivity index (χ4n) is 3.20. The highest BCUT2D eigenvalue weighted by atomic mass is 35.5. The van der Waals surface area contributed by atoms with Gasteiger partial charge in [0.05, 0.1) is 12.1 Å².